The molecule has 0 aliphatic heterocycles. The fraction of sp³-hybridized carbons (Fsp3) is 0.143. The van der Waals surface area contributed by atoms with E-state index in [1.54, 1.807) is 16.9 Å². The van der Waals surface area contributed by atoms with Crippen LogP contribution in [0.25, 0.3) is 27.9 Å². The minimum Gasteiger partial charge on any atom is -0.361 e. The van der Waals surface area contributed by atoms with Crippen LogP contribution in [0.2, 0.25) is 0 Å². The lowest BCUT2D eigenvalue weighted by Crippen LogP contribution is -2.12. The van der Waals surface area contributed by atoms with Gasteiger partial charge in [-0.05, 0) is 31.0 Å². The highest BCUT2D eigenvalue weighted by Gasteiger charge is 2.13. The summed E-state index contributed by atoms with van der Waals surface area (Å²) in [5, 5.41) is 8.93. The van der Waals surface area contributed by atoms with Gasteiger partial charge in [-0.15, -0.1) is 0 Å². The molecule has 0 radical (unpaired) electrons. The van der Waals surface area contributed by atoms with E-state index < -0.39 is 5.82 Å². The Labute approximate surface area is 165 Å². The van der Waals surface area contributed by atoms with Gasteiger partial charge in [0.1, 0.15) is 5.82 Å². The number of rotatable bonds is 5. The van der Waals surface area contributed by atoms with Crippen molar-refractivity contribution in [3.05, 3.63) is 72.1 Å². The van der Waals surface area contributed by atoms with E-state index in [9.17, 15) is 4.39 Å². The van der Waals surface area contributed by atoms with Crippen LogP contribution < -0.4 is 5.32 Å². The normalized spacial score (nSPS) is 11.4. The first-order valence-corrected chi connectivity index (χ1v) is 9.31. The van der Waals surface area contributed by atoms with Crippen molar-refractivity contribution in [2.24, 2.45) is 0 Å². The molecule has 0 aliphatic rings. The molecular formula is C21H18FN7. The Morgan fingerprint density at radius 3 is 2.93 bits per heavy atom. The van der Waals surface area contributed by atoms with Gasteiger partial charge in [-0.2, -0.15) is 14.6 Å². The number of benzene rings is 1. The number of fused-ring (bicyclic) bond motifs is 2. The van der Waals surface area contributed by atoms with Gasteiger partial charge in [-0.1, -0.05) is 18.2 Å². The molecule has 4 heterocycles. The summed E-state index contributed by atoms with van der Waals surface area (Å²) in [6, 6.07) is 9.59. The Hall–Kier alpha value is -3.81. The number of nitrogens with one attached hydrogen (secondary N) is 2. The van der Waals surface area contributed by atoms with E-state index >= 15 is 0 Å². The van der Waals surface area contributed by atoms with E-state index in [0.717, 1.165) is 23.7 Å². The summed E-state index contributed by atoms with van der Waals surface area (Å²) in [4.78, 5) is 16.3. The second-order valence-corrected chi connectivity index (χ2v) is 6.86. The van der Waals surface area contributed by atoms with Crippen molar-refractivity contribution in [2.45, 2.75) is 13.3 Å². The number of nitrogens with zero attached hydrogens (tertiary/aromatic N) is 5. The number of aryl methyl sites for hydroxylation is 1. The number of aromatic nitrogens is 6. The summed E-state index contributed by atoms with van der Waals surface area (Å²) in [5.74, 6) is 0.537. The Morgan fingerprint density at radius 2 is 2.03 bits per heavy atom. The molecule has 1 aromatic carbocycles. The number of anilines is 1. The third-order valence-electron chi connectivity index (χ3n) is 4.86. The first kappa shape index (κ1) is 17.3. The quantitative estimate of drug-likeness (QED) is 0.480. The highest BCUT2D eigenvalue weighted by atomic mass is 19.1. The number of para-hydroxylation sites is 1. The molecule has 0 bridgehead atoms. The molecule has 4 aromatic heterocycles. The molecule has 2 N–H and O–H groups in total. The van der Waals surface area contributed by atoms with Crippen molar-refractivity contribution in [3.63, 3.8) is 0 Å². The molecule has 0 amide bonds. The van der Waals surface area contributed by atoms with Gasteiger partial charge in [0, 0.05) is 41.0 Å². The zero-order valence-electron chi connectivity index (χ0n) is 15.7. The Bertz CT molecular complexity index is 1320. The molecule has 0 aliphatic carbocycles. The van der Waals surface area contributed by atoms with Crippen molar-refractivity contribution in [1.29, 1.82) is 0 Å². The average molecular weight is 387 g/mol. The van der Waals surface area contributed by atoms with E-state index in [4.69, 9.17) is 0 Å². The second-order valence-electron chi connectivity index (χ2n) is 6.86. The van der Waals surface area contributed by atoms with Gasteiger partial charge >= 0.3 is 0 Å². The summed E-state index contributed by atoms with van der Waals surface area (Å²) in [5.41, 5.74) is 4.46. The minimum atomic E-state index is -0.426. The molecule has 29 heavy (non-hydrogen) atoms. The zero-order valence-corrected chi connectivity index (χ0v) is 15.7. The van der Waals surface area contributed by atoms with Crippen molar-refractivity contribution in [3.8, 4) is 11.4 Å². The highest BCUT2D eigenvalue weighted by Crippen LogP contribution is 2.21. The van der Waals surface area contributed by atoms with E-state index in [1.807, 2.05) is 25.3 Å². The number of H-pyrrole nitrogens is 1. The first-order valence-electron chi connectivity index (χ1n) is 9.31. The molecule has 5 rings (SSSR count). The summed E-state index contributed by atoms with van der Waals surface area (Å²) in [6.07, 6.45) is 7.29. The van der Waals surface area contributed by atoms with Gasteiger partial charge in [0.15, 0.2) is 11.5 Å². The molecule has 0 saturated carbocycles. The van der Waals surface area contributed by atoms with Crippen LogP contribution in [0.1, 0.15) is 11.1 Å². The molecule has 5 aromatic rings. The summed E-state index contributed by atoms with van der Waals surface area (Å²) in [6.45, 7) is 2.59. The van der Waals surface area contributed by atoms with Crippen LogP contribution in [0, 0.1) is 12.7 Å². The van der Waals surface area contributed by atoms with Crippen molar-refractivity contribution in [2.75, 3.05) is 11.9 Å². The fourth-order valence-corrected chi connectivity index (χ4v) is 3.41. The van der Waals surface area contributed by atoms with E-state index in [0.29, 0.717) is 29.5 Å². The van der Waals surface area contributed by atoms with Crippen LogP contribution in [-0.4, -0.2) is 36.1 Å². The lowest BCUT2D eigenvalue weighted by molar-refractivity contribution is 0.622. The number of halogens is 1. The van der Waals surface area contributed by atoms with Crippen LogP contribution in [0.4, 0.5) is 10.3 Å². The molecule has 0 atom stereocenters. The summed E-state index contributed by atoms with van der Waals surface area (Å²) >= 11 is 0. The molecule has 8 heteroatoms. The lowest BCUT2D eigenvalue weighted by atomic mass is 10.1. The number of pyridine rings is 1. The SMILES string of the molecule is Cc1cnn2c(NCCc3c[nH]c4ccccc34)nc(-c3cncc(F)c3)nc12. The monoisotopic (exact) mass is 387 g/mol. The van der Waals surface area contributed by atoms with E-state index in [2.05, 4.69) is 42.5 Å². The third-order valence-corrected chi connectivity index (χ3v) is 4.86. The highest BCUT2D eigenvalue weighted by molar-refractivity contribution is 5.83. The van der Waals surface area contributed by atoms with Gasteiger partial charge in [-0.3, -0.25) is 4.98 Å². The standard InChI is InChI=1S/C21H18FN7/c1-13-9-26-29-20(13)27-19(15-8-16(22)12-23-10-15)28-21(29)24-7-6-14-11-25-18-5-3-2-4-17(14)18/h2-5,8-12,25H,6-7H2,1H3,(H,24,27,28). The fourth-order valence-electron chi connectivity index (χ4n) is 3.41. The lowest BCUT2D eigenvalue weighted by Gasteiger charge is -2.09. The predicted molar refractivity (Wildman–Crippen MR) is 109 cm³/mol. The van der Waals surface area contributed by atoms with Crippen molar-refractivity contribution < 1.29 is 4.39 Å². The van der Waals surface area contributed by atoms with E-state index in [-0.39, 0.29) is 0 Å². The smallest absolute Gasteiger partial charge is 0.227 e. The first-order chi connectivity index (χ1) is 14.2. The maximum atomic E-state index is 13.6. The van der Waals surface area contributed by atoms with E-state index in [1.165, 1.54) is 17.0 Å². The third kappa shape index (κ3) is 3.18. The molecule has 144 valence electrons. The zero-order chi connectivity index (χ0) is 19.8. The Kier molecular flexibility index (Phi) is 4.16. The van der Waals surface area contributed by atoms with Crippen LogP contribution in [0.5, 0.6) is 0 Å². The molecular weight excluding hydrogens is 369 g/mol. The Morgan fingerprint density at radius 1 is 1.14 bits per heavy atom. The largest absolute Gasteiger partial charge is 0.361 e. The topological polar surface area (TPSA) is 83.8 Å². The van der Waals surface area contributed by atoms with Crippen LogP contribution in [-0.2, 0) is 6.42 Å². The molecule has 0 fully saturated rings. The predicted octanol–water partition coefficient (Wildman–Crippen LogP) is 3.77. The van der Waals surface area contributed by atoms with Crippen LogP contribution in [0.3, 0.4) is 0 Å². The number of hydrogen-bond donors (Lipinski definition) is 2. The molecule has 0 saturated heterocycles. The van der Waals surface area contributed by atoms with Gasteiger partial charge in [0.2, 0.25) is 5.95 Å². The molecule has 0 spiro atoms. The van der Waals surface area contributed by atoms with Gasteiger partial charge in [-0.25, -0.2) is 9.37 Å². The average Bonchev–Trinajstić information content (AvgIpc) is 3.32. The summed E-state index contributed by atoms with van der Waals surface area (Å²) < 4.78 is 15.3. The summed E-state index contributed by atoms with van der Waals surface area (Å²) in [7, 11) is 0. The van der Waals surface area contributed by atoms with Crippen molar-refractivity contribution in [1.82, 2.24) is 29.5 Å². The maximum absolute atomic E-state index is 13.6. The van der Waals surface area contributed by atoms with Crippen molar-refractivity contribution >= 4 is 22.5 Å². The number of hydrogen-bond acceptors (Lipinski definition) is 5. The number of aromatic amines is 1. The van der Waals surface area contributed by atoms with Crippen LogP contribution in [0.15, 0.2) is 55.1 Å². The van der Waals surface area contributed by atoms with Crippen LogP contribution >= 0.6 is 0 Å². The minimum absolute atomic E-state index is 0.405. The second kappa shape index (κ2) is 6.97. The molecule has 7 nitrogen and oxygen atoms in total. The Balaban J connectivity index is 1.46. The van der Waals surface area contributed by atoms with Gasteiger partial charge < -0.3 is 10.3 Å². The van der Waals surface area contributed by atoms with Gasteiger partial charge in [0.25, 0.3) is 0 Å². The maximum Gasteiger partial charge on any atom is 0.227 e. The molecule has 0 unspecified atom stereocenters. The van der Waals surface area contributed by atoms with Gasteiger partial charge in [0.05, 0.1) is 12.4 Å².